The van der Waals surface area contributed by atoms with Gasteiger partial charge in [0.15, 0.2) is 0 Å². The number of nitrogens with one attached hydrogen (secondary N) is 5. The molecule has 4 atom stereocenters. The third kappa shape index (κ3) is 7.89. The average molecular weight is 555 g/mol. The summed E-state index contributed by atoms with van der Waals surface area (Å²) in [6.45, 7) is 3.53. The number of imidazole rings is 1. The Morgan fingerprint density at radius 3 is 2.15 bits per heavy atom. The van der Waals surface area contributed by atoms with Gasteiger partial charge in [0.25, 0.3) is 0 Å². The molecule has 3 rings (SSSR count). The van der Waals surface area contributed by atoms with Crippen molar-refractivity contribution in [3.8, 4) is 0 Å². The summed E-state index contributed by atoms with van der Waals surface area (Å²) < 4.78 is 0. The molecule has 0 spiro atoms. The molecule has 0 aliphatic heterocycles. The number of carbonyl (C=O) groups excluding carboxylic acids is 4. The number of benzene rings is 1. The fourth-order valence-corrected chi connectivity index (χ4v) is 4.07. The number of H-pyrrole nitrogens is 2. The predicted molar refractivity (Wildman–Crippen MR) is 144 cm³/mol. The summed E-state index contributed by atoms with van der Waals surface area (Å²) in [5.41, 5.74) is 13.1. The van der Waals surface area contributed by atoms with Crippen molar-refractivity contribution in [3.05, 3.63) is 54.2 Å². The number of para-hydroxylation sites is 1. The molecular formula is C26H34N8O6. The summed E-state index contributed by atoms with van der Waals surface area (Å²) in [5, 5.41) is 17.8. The second-order valence-corrected chi connectivity index (χ2v) is 9.81. The number of rotatable bonds is 14. The molecule has 2 aromatic heterocycles. The lowest BCUT2D eigenvalue weighted by atomic mass is 10.0. The zero-order valence-electron chi connectivity index (χ0n) is 22.1. The van der Waals surface area contributed by atoms with Crippen LogP contribution in [-0.2, 0) is 36.8 Å². The van der Waals surface area contributed by atoms with Crippen LogP contribution in [0, 0.1) is 5.92 Å². The molecule has 4 unspecified atom stereocenters. The first-order chi connectivity index (χ1) is 19.0. The number of hydrogen-bond donors (Lipinski definition) is 8. The van der Waals surface area contributed by atoms with Gasteiger partial charge in [0.2, 0.25) is 23.6 Å². The van der Waals surface area contributed by atoms with Gasteiger partial charge in [-0.1, -0.05) is 32.0 Å². The Bertz CT molecular complexity index is 1350. The van der Waals surface area contributed by atoms with Gasteiger partial charge in [0.05, 0.1) is 18.8 Å². The Balaban J connectivity index is 1.89. The lowest BCUT2D eigenvalue weighted by molar-refractivity contribution is -0.143. The maximum absolute atomic E-state index is 13.5. The van der Waals surface area contributed by atoms with E-state index in [1.165, 1.54) is 12.5 Å². The Morgan fingerprint density at radius 1 is 0.925 bits per heavy atom. The molecule has 1 aromatic carbocycles. The Hall–Kier alpha value is -4.72. The van der Waals surface area contributed by atoms with Crippen molar-refractivity contribution in [1.29, 1.82) is 0 Å². The smallest absolute Gasteiger partial charge is 0.326 e. The highest BCUT2D eigenvalue weighted by atomic mass is 16.4. The number of carboxylic acid groups (broad SMARTS) is 1. The van der Waals surface area contributed by atoms with Crippen molar-refractivity contribution in [2.24, 2.45) is 17.4 Å². The number of nitrogens with two attached hydrogens (primary N) is 2. The molecule has 14 heteroatoms. The van der Waals surface area contributed by atoms with Crippen LogP contribution in [0.3, 0.4) is 0 Å². The highest BCUT2D eigenvalue weighted by Crippen LogP contribution is 2.19. The molecule has 0 saturated heterocycles. The number of nitrogens with zero attached hydrogens (tertiary/aromatic N) is 1. The van der Waals surface area contributed by atoms with Gasteiger partial charge >= 0.3 is 5.97 Å². The van der Waals surface area contributed by atoms with Crippen LogP contribution in [0.1, 0.15) is 31.5 Å². The molecule has 3 aromatic rings. The minimum absolute atomic E-state index is 0.0171. The number of aromatic nitrogens is 3. The van der Waals surface area contributed by atoms with E-state index in [4.69, 9.17) is 11.5 Å². The number of hydrogen-bond acceptors (Lipinski definition) is 7. The fraction of sp³-hybridized carbons (Fsp3) is 0.385. The third-order valence-electron chi connectivity index (χ3n) is 6.38. The van der Waals surface area contributed by atoms with Gasteiger partial charge in [-0.25, -0.2) is 9.78 Å². The zero-order chi connectivity index (χ0) is 29.4. The van der Waals surface area contributed by atoms with E-state index in [0.29, 0.717) is 11.3 Å². The summed E-state index contributed by atoms with van der Waals surface area (Å²) in [6.07, 6.45) is 3.95. The second kappa shape index (κ2) is 13.4. The van der Waals surface area contributed by atoms with E-state index in [-0.39, 0.29) is 18.8 Å². The van der Waals surface area contributed by atoms with Crippen LogP contribution in [0.25, 0.3) is 10.9 Å². The van der Waals surface area contributed by atoms with Crippen LogP contribution >= 0.6 is 0 Å². The highest BCUT2D eigenvalue weighted by Gasteiger charge is 2.32. The van der Waals surface area contributed by atoms with E-state index in [1.54, 1.807) is 20.0 Å². The molecule has 4 amide bonds. The first-order valence-electron chi connectivity index (χ1n) is 12.7. The lowest BCUT2D eigenvalue weighted by Gasteiger charge is -2.25. The average Bonchev–Trinajstić information content (AvgIpc) is 3.56. The van der Waals surface area contributed by atoms with Crippen molar-refractivity contribution in [3.63, 3.8) is 0 Å². The maximum atomic E-state index is 13.5. The quantitative estimate of drug-likeness (QED) is 0.124. The van der Waals surface area contributed by atoms with E-state index in [9.17, 15) is 29.1 Å². The van der Waals surface area contributed by atoms with Crippen molar-refractivity contribution in [1.82, 2.24) is 30.9 Å². The highest BCUT2D eigenvalue weighted by molar-refractivity contribution is 5.95. The Kier molecular flexibility index (Phi) is 9.97. The van der Waals surface area contributed by atoms with Crippen LogP contribution in [-0.4, -0.2) is 73.8 Å². The molecule has 0 aliphatic rings. The number of primary amides is 1. The monoisotopic (exact) mass is 554 g/mol. The molecule has 0 aliphatic carbocycles. The van der Waals surface area contributed by atoms with E-state index in [0.717, 1.165) is 10.9 Å². The topological polar surface area (TPSA) is 238 Å². The van der Waals surface area contributed by atoms with Crippen molar-refractivity contribution >= 4 is 40.5 Å². The van der Waals surface area contributed by atoms with Crippen LogP contribution in [0.15, 0.2) is 43.0 Å². The number of aliphatic carboxylic acids is 1. The largest absolute Gasteiger partial charge is 0.480 e. The first-order valence-corrected chi connectivity index (χ1v) is 12.7. The molecule has 0 fully saturated rings. The van der Waals surface area contributed by atoms with Crippen molar-refractivity contribution in [2.45, 2.75) is 57.3 Å². The molecule has 0 saturated carbocycles. The van der Waals surface area contributed by atoms with Crippen LogP contribution in [0.4, 0.5) is 0 Å². The van der Waals surface area contributed by atoms with Gasteiger partial charge in [0, 0.05) is 41.8 Å². The molecule has 40 heavy (non-hydrogen) atoms. The predicted octanol–water partition coefficient (Wildman–Crippen LogP) is -0.926. The minimum atomic E-state index is -1.60. The number of carboxylic acids is 1. The molecule has 214 valence electrons. The number of aromatic amines is 2. The van der Waals surface area contributed by atoms with E-state index in [2.05, 4.69) is 30.9 Å². The first kappa shape index (κ1) is 29.8. The van der Waals surface area contributed by atoms with Crippen LogP contribution in [0.2, 0.25) is 0 Å². The number of fused-ring (bicyclic) bond motifs is 1. The molecule has 0 radical (unpaired) electrons. The van der Waals surface area contributed by atoms with Gasteiger partial charge in [-0.15, -0.1) is 0 Å². The van der Waals surface area contributed by atoms with Gasteiger partial charge < -0.3 is 42.5 Å². The molecular weight excluding hydrogens is 520 g/mol. The normalized spacial score (nSPS) is 14.2. The molecule has 14 nitrogen and oxygen atoms in total. The van der Waals surface area contributed by atoms with E-state index in [1.807, 2.05) is 24.3 Å². The zero-order valence-corrected chi connectivity index (χ0v) is 22.1. The van der Waals surface area contributed by atoms with Gasteiger partial charge in [-0.3, -0.25) is 19.2 Å². The van der Waals surface area contributed by atoms with Crippen molar-refractivity contribution < 1.29 is 29.1 Å². The summed E-state index contributed by atoms with van der Waals surface area (Å²) >= 11 is 0. The summed E-state index contributed by atoms with van der Waals surface area (Å²) in [7, 11) is 0. The summed E-state index contributed by atoms with van der Waals surface area (Å²) in [5.74, 6) is -4.70. The van der Waals surface area contributed by atoms with E-state index < -0.39 is 60.2 Å². The van der Waals surface area contributed by atoms with Gasteiger partial charge in [-0.2, -0.15) is 0 Å². The van der Waals surface area contributed by atoms with Gasteiger partial charge in [0.1, 0.15) is 18.1 Å². The maximum Gasteiger partial charge on any atom is 0.326 e. The molecule has 10 N–H and O–H groups in total. The van der Waals surface area contributed by atoms with Gasteiger partial charge in [-0.05, 0) is 17.5 Å². The van der Waals surface area contributed by atoms with E-state index >= 15 is 0 Å². The third-order valence-corrected chi connectivity index (χ3v) is 6.38. The summed E-state index contributed by atoms with van der Waals surface area (Å²) in [6, 6.07) is 2.42. The molecule has 2 heterocycles. The molecule has 0 bridgehead atoms. The Morgan fingerprint density at radius 2 is 1.55 bits per heavy atom. The number of amides is 4. The lowest BCUT2D eigenvalue weighted by Crippen LogP contribution is -2.58. The minimum Gasteiger partial charge on any atom is -0.480 e. The number of carbonyl (C=O) groups is 5. The van der Waals surface area contributed by atoms with Crippen LogP contribution in [0.5, 0.6) is 0 Å². The van der Waals surface area contributed by atoms with Crippen LogP contribution < -0.4 is 27.4 Å². The van der Waals surface area contributed by atoms with Crippen molar-refractivity contribution in [2.75, 3.05) is 0 Å². The second-order valence-electron chi connectivity index (χ2n) is 9.81. The summed E-state index contributed by atoms with van der Waals surface area (Å²) in [4.78, 5) is 72.5. The fourth-order valence-electron chi connectivity index (χ4n) is 4.07. The SMILES string of the molecule is CC(C)C(N)C(=O)NC(Cc1cnc[nH]1)C(=O)NC(Cc1c[nH]c2ccccc12)C(=O)NC(CC(N)=O)C(=O)O. The Labute approximate surface area is 229 Å². The standard InChI is InChI=1S/C26H34N8O6/c1-13(2)22(28)25(38)33-19(8-15-11-29-12-31-15)24(37)32-18(23(36)34-20(26(39)40)9-21(27)35)7-14-10-30-17-6-4-3-5-16(14)17/h3-6,10-13,18-20,22,30H,7-9,28H2,1-2H3,(H2,27,35)(H,29,31)(H,32,37)(H,33,38)(H,34,36)(H,39,40).